The Morgan fingerprint density at radius 2 is 2.05 bits per heavy atom. The van der Waals surface area contributed by atoms with Crippen LogP contribution in [0.15, 0.2) is 30.5 Å². The molecule has 2 heteroatoms. The molecular formula is C17H22N2. The SMILES string of the molecule is CCCc1cccc2c(NC3CCCC3)ccnc12. The summed E-state index contributed by atoms with van der Waals surface area (Å²) in [5.41, 5.74) is 3.80. The van der Waals surface area contributed by atoms with Crippen LogP contribution in [-0.4, -0.2) is 11.0 Å². The lowest BCUT2D eigenvalue weighted by Crippen LogP contribution is -2.14. The van der Waals surface area contributed by atoms with Gasteiger partial charge in [-0.2, -0.15) is 0 Å². The maximum absolute atomic E-state index is 4.59. The van der Waals surface area contributed by atoms with E-state index >= 15 is 0 Å². The zero-order chi connectivity index (χ0) is 13.1. The predicted octanol–water partition coefficient (Wildman–Crippen LogP) is 4.54. The Labute approximate surface area is 115 Å². The van der Waals surface area contributed by atoms with E-state index in [1.807, 2.05) is 6.20 Å². The van der Waals surface area contributed by atoms with Gasteiger partial charge < -0.3 is 5.32 Å². The Bertz CT molecular complexity index is 556. The molecule has 0 unspecified atom stereocenters. The second kappa shape index (κ2) is 5.60. The lowest BCUT2D eigenvalue weighted by Gasteiger charge is -2.16. The summed E-state index contributed by atoms with van der Waals surface area (Å²) < 4.78 is 0. The first-order valence-electron chi connectivity index (χ1n) is 7.51. The van der Waals surface area contributed by atoms with Gasteiger partial charge in [-0.3, -0.25) is 4.98 Å². The fourth-order valence-corrected chi connectivity index (χ4v) is 3.12. The van der Waals surface area contributed by atoms with Gasteiger partial charge in [0.2, 0.25) is 0 Å². The van der Waals surface area contributed by atoms with Crippen LogP contribution >= 0.6 is 0 Å². The van der Waals surface area contributed by atoms with Crippen LogP contribution in [0, 0.1) is 0 Å². The molecule has 1 aliphatic carbocycles. The third kappa shape index (κ3) is 2.58. The normalized spacial score (nSPS) is 16.1. The van der Waals surface area contributed by atoms with Gasteiger partial charge in [-0.1, -0.05) is 44.4 Å². The van der Waals surface area contributed by atoms with Crippen LogP contribution < -0.4 is 5.32 Å². The molecule has 0 amide bonds. The van der Waals surface area contributed by atoms with Crippen molar-refractivity contribution < 1.29 is 0 Å². The molecule has 3 rings (SSSR count). The zero-order valence-corrected chi connectivity index (χ0v) is 11.7. The molecule has 100 valence electrons. The van der Waals surface area contributed by atoms with Gasteiger partial charge in [0.05, 0.1) is 5.52 Å². The molecule has 0 saturated heterocycles. The zero-order valence-electron chi connectivity index (χ0n) is 11.7. The Morgan fingerprint density at radius 3 is 2.84 bits per heavy atom. The van der Waals surface area contributed by atoms with Crippen molar-refractivity contribution in [3.8, 4) is 0 Å². The van der Waals surface area contributed by atoms with E-state index in [1.54, 1.807) is 0 Å². The predicted molar refractivity (Wildman–Crippen MR) is 81.6 cm³/mol. The maximum Gasteiger partial charge on any atom is 0.0754 e. The number of nitrogens with one attached hydrogen (secondary N) is 1. The minimum Gasteiger partial charge on any atom is -0.382 e. The molecule has 1 aromatic carbocycles. The molecule has 1 aromatic heterocycles. The number of aromatic nitrogens is 1. The number of benzene rings is 1. The van der Waals surface area contributed by atoms with E-state index < -0.39 is 0 Å². The van der Waals surface area contributed by atoms with Gasteiger partial charge in [0.25, 0.3) is 0 Å². The molecule has 1 saturated carbocycles. The minimum atomic E-state index is 0.653. The maximum atomic E-state index is 4.59. The van der Waals surface area contributed by atoms with E-state index in [0.29, 0.717) is 6.04 Å². The number of para-hydroxylation sites is 1. The van der Waals surface area contributed by atoms with Crippen LogP contribution in [0.5, 0.6) is 0 Å². The topological polar surface area (TPSA) is 24.9 Å². The summed E-state index contributed by atoms with van der Waals surface area (Å²) in [5, 5.41) is 4.99. The highest BCUT2D eigenvalue weighted by atomic mass is 14.9. The number of hydrogen-bond donors (Lipinski definition) is 1. The highest BCUT2D eigenvalue weighted by Gasteiger charge is 2.15. The largest absolute Gasteiger partial charge is 0.382 e. The highest BCUT2D eigenvalue weighted by molar-refractivity contribution is 5.93. The molecule has 1 aliphatic rings. The molecule has 19 heavy (non-hydrogen) atoms. The van der Waals surface area contributed by atoms with Crippen LogP contribution in [0.25, 0.3) is 10.9 Å². The molecule has 0 aliphatic heterocycles. The molecule has 2 nitrogen and oxygen atoms in total. The van der Waals surface area contributed by atoms with Crippen LogP contribution in [-0.2, 0) is 6.42 Å². The number of hydrogen-bond acceptors (Lipinski definition) is 2. The fourth-order valence-electron chi connectivity index (χ4n) is 3.12. The monoisotopic (exact) mass is 254 g/mol. The second-order valence-electron chi connectivity index (χ2n) is 5.55. The molecule has 1 fully saturated rings. The first-order chi connectivity index (χ1) is 9.38. The van der Waals surface area contributed by atoms with Crippen molar-refractivity contribution in [3.63, 3.8) is 0 Å². The smallest absolute Gasteiger partial charge is 0.0754 e. The average Bonchev–Trinajstić information content (AvgIpc) is 2.93. The third-order valence-electron chi connectivity index (χ3n) is 4.09. The van der Waals surface area contributed by atoms with Gasteiger partial charge in [0, 0.05) is 23.3 Å². The van der Waals surface area contributed by atoms with Crippen LogP contribution in [0.4, 0.5) is 5.69 Å². The summed E-state index contributed by atoms with van der Waals surface area (Å²) in [4.78, 5) is 4.59. The van der Waals surface area contributed by atoms with E-state index in [2.05, 4.69) is 41.5 Å². The summed E-state index contributed by atoms with van der Waals surface area (Å²) in [7, 11) is 0. The second-order valence-corrected chi connectivity index (χ2v) is 5.55. The summed E-state index contributed by atoms with van der Waals surface area (Å²) >= 11 is 0. The van der Waals surface area contributed by atoms with Gasteiger partial charge in [-0.05, 0) is 30.9 Å². The van der Waals surface area contributed by atoms with Crippen molar-refractivity contribution in [3.05, 3.63) is 36.0 Å². The Balaban J connectivity index is 1.97. The number of anilines is 1. The molecule has 1 N–H and O–H groups in total. The van der Waals surface area contributed by atoms with Crippen molar-refractivity contribution in [1.29, 1.82) is 0 Å². The first-order valence-corrected chi connectivity index (χ1v) is 7.51. The first kappa shape index (κ1) is 12.5. The Morgan fingerprint density at radius 1 is 1.21 bits per heavy atom. The molecular weight excluding hydrogens is 232 g/mol. The van der Waals surface area contributed by atoms with Crippen molar-refractivity contribution in [2.75, 3.05) is 5.32 Å². The van der Waals surface area contributed by atoms with E-state index in [0.717, 1.165) is 6.42 Å². The molecule has 0 bridgehead atoms. The van der Waals surface area contributed by atoms with Crippen molar-refractivity contribution >= 4 is 16.6 Å². The van der Waals surface area contributed by atoms with Gasteiger partial charge >= 0.3 is 0 Å². The average molecular weight is 254 g/mol. The standard InChI is InChI=1S/C17H22N2/c1-2-6-13-7-5-10-15-16(11-12-18-17(13)15)19-14-8-3-4-9-14/h5,7,10-12,14H,2-4,6,8-9H2,1H3,(H,18,19). The molecule has 0 atom stereocenters. The van der Waals surface area contributed by atoms with E-state index in [1.165, 1.54) is 54.3 Å². The van der Waals surface area contributed by atoms with Gasteiger partial charge in [-0.25, -0.2) is 0 Å². The van der Waals surface area contributed by atoms with Gasteiger partial charge in [0.1, 0.15) is 0 Å². The highest BCUT2D eigenvalue weighted by Crippen LogP contribution is 2.28. The number of nitrogens with zero attached hydrogens (tertiary/aromatic N) is 1. The van der Waals surface area contributed by atoms with Crippen LogP contribution in [0.1, 0.15) is 44.6 Å². The number of aryl methyl sites for hydroxylation is 1. The summed E-state index contributed by atoms with van der Waals surface area (Å²) in [5.74, 6) is 0. The van der Waals surface area contributed by atoms with Crippen molar-refractivity contribution in [1.82, 2.24) is 4.98 Å². The molecule has 0 radical (unpaired) electrons. The van der Waals surface area contributed by atoms with Gasteiger partial charge in [0.15, 0.2) is 0 Å². The molecule has 2 aromatic rings. The van der Waals surface area contributed by atoms with Crippen LogP contribution in [0.3, 0.4) is 0 Å². The Kier molecular flexibility index (Phi) is 3.67. The Hall–Kier alpha value is -1.57. The lowest BCUT2D eigenvalue weighted by molar-refractivity contribution is 0.756. The quantitative estimate of drug-likeness (QED) is 0.866. The minimum absolute atomic E-state index is 0.653. The van der Waals surface area contributed by atoms with Crippen molar-refractivity contribution in [2.24, 2.45) is 0 Å². The molecule has 0 spiro atoms. The summed E-state index contributed by atoms with van der Waals surface area (Å²) in [6.07, 6.45) is 9.55. The fraction of sp³-hybridized carbons (Fsp3) is 0.471. The number of fused-ring (bicyclic) bond motifs is 1. The number of rotatable bonds is 4. The summed E-state index contributed by atoms with van der Waals surface area (Å²) in [6, 6.07) is 9.34. The summed E-state index contributed by atoms with van der Waals surface area (Å²) in [6.45, 7) is 2.22. The van der Waals surface area contributed by atoms with E-state index in [9.17, 15) is 0 Å². The van der Waals surface area contributed by atoms with E-state index in [4.69, 9.17) is 0 Å². The van der Waals surface area contributed by atoms with Crippen LogP contribution in [0.2, 0.25) is 0 Å². The lowest BCUT2D eigenvalue weighted by atomic mass is 10.0. The third-order valence-corrected chi connectivity index (χ3v) is 4.09. The van der Waals surface area contributed by atoms with E-state index in [-0.39, 0.29) is 0 Å². The van der Waals surface area contributed by atoms with Crippen molar-refractivity contribution in [2.45, 2.75) is 51.5 Å². The van der Waals surface area contributed by atoms with Gasteiger partial charge in [-0.15, -0.1) is 0 Å². The molecule has 1 heterocycles. The number of pyridine rings is 1.